The van der Waals surface area contributed by atoms with Crippen molar-refractivity contribution < 1.29 is 14.1 Å². The summed E-state index contributed by atoms with van der Waals surface area (Å²) in [5.41, 5.74) is 2.21. The van der Waals surface area contributed by atoms with Gasteiger partial charge in [0.25, 0.3) is 5.91 Å². The van der Waals surface area contributed by atoms with Crippen LogP contribution in [0.2, 0.25) is 0 Å². The molecular weight excluding hydrogens is 402 g/mol. The molecule has 2 aromatic carbocycles. The Morgan fingerprint density at radius 3 is 2.47 bits per heavy atom. The summed E-state index contributed by atoms with van der Waals surface area (Å²) < 4.78 is 10.7. The highest BCUT2D eigenvalue weighted by Gasteiger charge is 2.10. The van der Waals surface area contributed by atoms with Crippen molar-refractivity contribution in [3.63, 3.8) is 0 Å². The predicted octanol–water partition coefficient (Wildman–Crippen LogP) is 3.32. The summed E-state index contributed by atoms with van der Waals surface area (Å²) in [7, 11) is 3.43. The van der Waals surface area contributed by atoms with E-state index in [1.807, 2.05) is 31.2 Å². The lowest BCUT2D eigenvalue weighted by Gasteiger charge is -2.12. The molecule has 0 saturated heterocycles. The summed E-state index contributed by atoms with van der Waals surface area (Å²) in [6, 6.07) is 14.6. The summed E-state index contributed by atoms with van der Waals surface area (Å²) in [4.78, 5) is 17.8. The number of benzene rings is 2. The summed E-state index contributed by atoms with van der Waals surface area (Å²) in [6.45, 7) is 2.84. The zero-order valence-corrected chi connectivity index (χ0v) is 17.8. The molecule has 3 aromatic rings. The van der Waals surface area contributed by atoms with Crippen molar-refractivity contribution in [3.05, 3.63) is 60.0 Å². The smallest absolute Gasteiger partial charge is 0.253 e. The summed E-state index contributed by atoms with van der Waals surface area (Å²) in [5.74, 6) is 1.65. The van der Waals surface area contributed by atoms with Crippen LogP contribution in [0, 0.1) is 0 Å². The quantitative estimate of drug-likeness (QED) is 0.557. The third kappa shape index (κ3) is 5.54. The maximum atomic E-state index is 11.9. The molecule has 0 aliphatic rings. The zero-order chi connectivity index (χ0) is 21.5. The number of ether oxygens (including phenoxy) is 1. The predicted molar refractivity (Wildman–Crippen MR) is 118 cm³/mol. The number of carbonyl (C=O) groups is 1. The van der Waals surface area contributed by atoms with E-state index in [1.165, 1.54) is 4.90 Å². The van der Waals surface area contributed by atoms with E-state index in [9.17, 15) is 4.79 Å². The molecule has 8 nitrogen and oxygen atoms in total. The van der Waals surface area contributed by atoms with Crippen LogP contribution in [0.3, 0.4) is 0 Å². The lowest BCUT2D eigenvalue weighted by molar-refractivity contribution is 0.0827. The van der Waals surface area contributed by atoms with Crippen LogP contribution in [0.25, 0.3) is 11.4 Å². The van der Waals surface area contributed by atoms with Crippen LogP contribution >= 0.6 is 12.2 Å². The van der Waals surface area contributed by atoms with Crippen molar-refractivity contribution in [2.75, 3.05) is 26.0 Å². The van der Waals surface area contributed by atoms with Crippen molar-refractivity contribution in [1.82, 2.24) is 20.4 Å². The van der Waals surface area contributed by atoms with Gasteiger partial charge in [-0.2, -0.15) is 4.98 Å². The Hall–Kier alpha value is -3.46. The first-order valence-corrected chi connectivity index (χ1v) is 9.79. The summed E-state index contributed by atoms with van der Waals surface area (Å²) in [6.07, 6.45) is 0. The van der Waals surface area contributed by atoms with Gasteiger partial charge in [0.05, 0.1) is 13.2 Å². The Balaban J connectivity index is 1.52. The van der Waals surface area contributed by atoms with Gasteiger partial charge in [0.1, 0.15) is 5.75 Å². The SMILES string of the molecule is CCOc1ccc(-c2noc(CNC(=S)Nc3ccc(C(=O)N(C)C)cc3)n2)cc1. The third-order valence-electron chi connectivity index (χ3n) is 4.09. The third-order valence-corrected chi connectivity index (χ3v) is 4.33. The molecule has 0 spiro atoms. The number of aromatic nitrogens is 2. The molecule has 0 fully saturated rings. The van der Waals surface area contributed by atoms with E-state index < -0.39 is 0 Å². The molecule has 1 amide bonds. The van der Waals surface area contributed by atoms with Crippen molar-refractivity contribution >= 4 is 28.9 Å². The lowest BCUT2D eigenvalue weighted by atomic mass is 10.2. The van der Waals surface area contributed by atoms with Gasteiger partial charge in [0.2, 0.25) is 11.7 Å². The van der Waals surface area contributed by atoms with Gasteiger partial charge in [-0.05, 0) is 67.7 Å². The van der Waals surface area contributed by atoms with E-state index in [-0.39, 0.29) is 12.5 Å². The highest BCUT2D eigenvalue weighted by Crippen LogP contribution is 2.20. The minimum absolute atomic E-state index is 0.0537. The van der Waals surface area contributed by atoms with Crippen molar-refractivity contribution in [3.8, 4) is 17.1 Å². The molecule has 156 valence electrons. The van der Waals surface area contributed by atoms with E-state index in [0.29, 0.717) is 29.0 Å². The first-order valence-electron chi connectivity index (χ1n) is 9.38. The average Bonchev–Trinajstić information content (AvgIpc) is 3.22. The molecule has 0 bridgehead atoms. The topological polar surface area (TPSA) is 92.5 Å². The number of amides is 1. The average molecular weight is 426 g/mol. The molecule has 9 heteroatoms. The largest absolute Gasteiger partial charge is 0.494 e. The van der Waals surface area contributed by atoms with Gasteiger partial charge in [0, 0.05) is 30.9 Å². The number of carbonyl (C=O) groups excluding carboxylic acids is 1. The highest BCUT2D eigenvalue weighted by atomic mass is 32.1. The van der Waals surface area contributed by atoms with Crippen molar-refractivity contribution in [1.29, 1.82) is 0 Å². The van der Waals surface area contributed by atoms with Crippen LogP contribution in [0.1, 0.15) is 23.2 Å². The number of rotatable bonds is 7. The van der Waals surface area contributed by atoms with E-state index in [2.05, 4.69) is 20.8 Å². The van der Waals surface area contributed by atoms with Gasteiger partial charge in [0.15, 0.2) is 5.11 Å². The Morgan fingerprint density at radius 1 is 1.13 bits per heavy atom. The van der Waals surface area contributed by atoms with E-state index in [1.54, 1.807) is 38.4 Å². The Kier molecular flexibility index (Phi) is 6.97. The normalized spacial score (nSPS) is 10.4. The van der Waals surface area contributed by atoms with Crippen LogP contribution in [0.4, 0.5) is 5.69 Å². The maximum absolute atomic E-state index is 11.9. The molecule has 0 saturated carbocycles. The first kappa shape index (κ1) is 21.3. The minimum Gasteiger partial charge on any atom is -0.494 e. The molecule has 2 N–H and O–H groups in total. The fourth-order valence-electron chi connectivity index (χ4n) is 2.60. The van der Waals surface area contributed by atoms with E-state index in [4.69, 9.17) is 21.5 Å². The first-order chi connectivity index (χ1) is 14.5. The molecule has 30 heavy (non-hydrogen) atoms. The van der Waals surface area contributed by atoms with Crippen molar-refractivity contribution in [2.24, 2.45) is 0 Å². The molecule has 1 aromatic heterocycles. The number of nitrogens with zero attached hydrogens (tertiary/aromatic N) is 3. The molecular formula is C21H23N5O3S. The highest BCUT2D eigenvalue weighted by molar-refractivity contribution is 7.80. The molecule has 0 atom stereocenters. The molecule has 0 aliphatic carbocycles. The zero-order valence-electron chi connectivity index (χ0n) is 17.0. The van der Waals surface area contributed by atoms with Crippen LogP contribution in [0.15, 0.2) is 53.1 Å². The van der Waals surface area contributed by atoms with Crippen LogP contribution in [0.5, 0.6) is 5.75 Å². The van der Waals surface area contributed by atoms with Crippen molar-refractivity contribution in [2.45, 2.75) is 13.5 Å². The van der Waals surface area contributed by atoms with Gasteiger partial charge in [-0.15, -0.1) is 0 Å². The van der Waals surface area contributed by atoms with E-state index in [0.717, 1.165) is 17.0 Å². The van der Waals surface area contributed by atoms with Gasteiger partial charge < -0.3 is 24.8 Å². The van der Waals surface area contributed by atoms with Gasteiger partial charge in [-0.3, -0.25) is 4.79 Å². The molecule has 0 aliphatic heterocycles. The van der Waals surface area contributed by atoms with Gasteiger partial charge >= 0.3 is 0 Å². The number of hydrogen-bond donors (Lipinski definition) is 2. The summed E-state index contributed by atoms with van der Waals surface area (Å²) >= 11 is 5.30. The Morgan fingerprint density at radius 2 is 1.83 bits per heavy atom. The number of thiocarbonyl (C=S) groups is 1. The second kappa shape index (κ2) is 9.84. The Bertz CT molecular complexity index is 1000. The standard InChI is InChI=1S/C21H23N5O3S/c1-4-28-17-11-7-14(8-12-17)19-24-18(29-25-19)13-22-21(30)23-16-9-5-15(6-10-16)20(27)26(2)3/h5-12H,4,13H2,1-3H3,(H2,22,23,30). The second-order valence-corrected chi connectivity index (χ2v) is 6.96. The van der Waals surface area contributed by atoms with Crippen LogP contribution in [-0.4, -0.2) is 46.8 Å². The van der Waals surface area contributed by atoms with Crippen LogP contribution < -0.4 is 15.4 Å². The Labute approximate surface area is 180 Å². The van der Waals surface area contributed by atoms with Gasteiger partial charge in [-0.25, -0.2) is 0 Å². The fourth-order valence-corrected chi connectivity index (χ4v) is 2.79. The molecule has 0 radical (unpaired) electrons. The molecule has 0 unspecified atom stereocenters. The second-order valence-electron chi connectivity index (χ2n) is 6.55. The number of anilines is 1. The maximum Gasteiger partial charge on any atom is 0.253 e. The monoisotopic (exact) mass is 425 g/mol. The number of hydrogen-bond acceptors (Lipinski definition) is 6. The van der Waals surface area contributed by atoms with Crippen LogP contribution in [-0.2, 0) is 6.54 Å². The summed E-state index contributed by atoms with van der Waals surface area (Å²) in [5, 5.41) is 10.5. The van der Waals surface area contributed by atoms with Gasteiger partial charge in [-0.1, -0.05) is 5.16 Å². The molecule has 3 rings (SSSR count). The van der Waals surface area contributed by atoms with E-state index >= 15 is 0 Å². The lowest BCUT2D eigenvalue weighted by Crippen LogP contribution is -2.28. The minimum atomic E-state index is -0.0537. The molecule has 1 heterocycles. The fraction of sp³-hybridized carbons (Fsp3) is 0.238. The number of nitrogens with one attached hydrogen (secondary N) is 2.